The number of unbranched alkanes of at least 4 members (excludes halogenated alkanes) is 1. The van der Waals surface area contributed by atoms with Crippen LogP contribution in [-0.2, 0) is 4.79 Å². The molecule has 22 heavy (non-hydrogen) atoms. The van der Waals surface area contributed by atoms with Crippen LogP contribution in [0.2, 0.25) is 0 Å². The number of rotatable bonds is 9. The van der Waals surface area contributed by atoms with Gasteiger partial charge in [0.05, 0.1) is 11.3 Å². The number of para-hydroxylation sites is 1. The van der Waals surface area contributed by atoms with Crippen molar-refractivity contribution >= 4 is 17.5 Å². The Bertz CT molecular complexity index is 489. The first-order chi connectivity index (χ1) is 10.6. The molecule has 0 aliphatic heterocycles. The molecule has 0 bridgehead atoms. The number of carbonyl (C=O) groups is 2. The van der Waals surface area contributed by atoms with Gasteiger partial charge in [0.2, 0.25) is 5.91 Å². The van der Waals surface area contributed by atoms with E-state index in [1.165, 1.54) is 0 Å². The lowest BCUT2D eigenvalue weighted by Crippen LogP contribution is -2.30. The third-order valence-electron chi connectivity index (χ3n) is 3.63. The number of benzene rings is 1. The zero-order valence-electron chi connectivity index (χ0n) is 13.5. The fourth-order valence-electron chi connectivity index (χ4n) is 2.28. The zero-order chi connectivity index (χ0) is 16.4. The van der Waals surface area contributed by atoms with E-state index in [9.17, 15) is 9.59 Å². The maximum Gasteiger partial charge on any atom is 0.253 e. The molecule has 4 N–H and O–H groups in total. The number of nitrogens with one attached hydrogen (secondary N) is 2. The minimum Gasteiger partial charge on any atom is -0.351 e. The van der Waals surface area contributed by atoms with Crippen molar-refractivity contribution in [3.05, 3.63) is 29.8 Å². The third-order valence-corrected chi connectivity index (χ3v) is 3.63. The first-order valence-corrected chi connectivity index (χ1v) is 8.02. The van der Waals surface area contributed by atoms with Gasteiger partial charge < -0.3 is 16.4 Å². The summed E-state index contributed by atoms with van der Waals surface area (Å²) < 4.78 is 0. The van der Waals surface area contributed by atoms with Gasteiger partial charge >= 0.3 is 0 Å². The van der Waals surface area contributed by atoms with Gasteiger partial charge in [-0.2, -0.15) is 0 Å². The molecule has 0 aromatic heterocycles. The number of anilines is 1. The average molecular weight is 305 g/mol. The fourth-order valence-corrected chi connectivity index (χ4v) is 2.28. The molecule has 2 amide bonds. The first-order valence-electron chi connectivity index (χ1n) is 8.02. The van der Waals surface area contributed by atoms with E-state index in [0.29, 0.717) is 24.3 Å². The molecule has 0 aliphatic carbocycles. The van der Waals surface area contributed by atoms with Gasteiger partial charge in [0, 0.05) is 19.0 Å². The summed E-state index contributed by atoms with van der Waals surface area (Å²) in [6.07, 6.45) is 3.78. The Morgan fingerprint density at radius 1 is 1.23 bits per heavy atom. The summed E-state index contributed by atoms with van der Waals surface area (Å²) in [6, 6.07) is 7.04. The summed E-state index contributed by atoms with van der Waals surface area (Å²) in [7, 11) is 0. The molecule has 122 valence electrons. The summed E-state index contributed by atoms with van der Waals surface area (Å²) in [5.41, 5.74) is 6.41. The molecule has 0 fully saturated rings. The molecule has 1 aromatic rings. The molecule has 0 heterocycles. The molecule has 1 rings (SSSR count). The van der Waals surface area contributed by atoms with Crippen LogP contribution in [0.25, 0.3) is 0 Å². The van der Waals surface area contributed by atoms with Gasteiger partial charge in [-0.3, -0.25) is 9.59 Å². The van der Waals surface area contributed by atoms with Gasteiger partial charge in [0.1, 0.15) is 0 Å². The maximum absolute atomic E-state index is 12.4. The molecular weight excluding hydrogens is 278 g/mol. The standard InChI is InChI=1S/C17H27N3O2/c1-3-5-8-13(4-2)16(21)20-15-10-7-6-9-14(15)17(22)19-12-11-18/h6-7,9-10,13H,3-5,8,11-12,18H2,1-2H3,(H,19,22)(H,20,21). The lowest BCUT2D eigenvalue weighted by atomic mass is 9.98. The van der Waals surface area contributed by atoms with Crippen molar-refractivity contribution in [1.82, 2.24) is 5.32 Å². The van der Waals surface area contributed by atoms with E-state index in [1.807, 2.05) is 13.0 Å². The van der Waals surface area contributed by atoms with Gasteiger partial charge in [0.15, 0.2) is 0 Å². The molecule has 0 spiro atoms. The van der Waals surface area contributed by atoms with Crippen molar-refractivity contribution in [3.63, 3.8) is 0 Å². The third kappa shape index (κ3) is 5.48. The molecule has 0 radical (unpaired) electrons. The predicted molar refractivity (Wildman–Crippen MR) is 89.8 cm³/mol. The lowest BCUT2D eigenvalue weighted by Gasteiger charge is -2.16. The van der Waals surface area contributed by atoms with Crippen molar-refractivity contribution < 1.29 is 9.59 Å². The summed E-state index contributed by atoms with van der Waals surface area (Å²) in [6.45, 7) is 4.92. The Hall–Kier alpha value is -1.88. The quantitative estimate of drug-likeness (QED) is 0.655. The highest BCUT2D eigenvalue weighted by atomic mass is 16.2. The second-order valence-corrected chi connectivity index (χ2v) is 5.33. The van der Waals surface area contributed by atoms with Crippen LogP contribution in [0, 0.1) is 5.92 Å². The van der Waals surface area contributed by atoms with Crippen molar-refractivity contribution in [2.75, 3.05) is 18.4 Å². The Morgan fingerprint density at radius 3 is 2.59 bits per heavy atom. The largest absolute Gasteiger partial charge is 0.351 e. The second-order valence-electron chi connectivity index (χ2n) is 5.33. The SMILES string of the molecule is CCCCC(CC)C(=O)Nc1ccccc1C(=O)NCCN. The Morgan fingerprint density at radius 2 is 1.95 bits per heavy atom. The Kier molecular flexibility index (Phi) is 8.22. The van der Waals surface area contributed by atoms with Crippen LogP contribution in [-0.4, -0.2) is 24.9 Å². The molecule has 0 saturated heterocycles. The van der Waals surface area contributed by atoms with E-state index in [2.05, 4.69) is 17.6 Å². The smallest absolute Gasteiger partial charge is 0.253 e. The van der Waals surface area contributed by atoms with Gasteiger partial charge in [0.25, 0.3) is 5.91 Å². The summed E-state index contributed by atoms with van der Waals surface area (Å²) in [5, 5.41) is 5.62. The van der Waals surface area contributed by atoms with E-state index in [-0.39, 0.29) is 17.7 Å². The van der Waals surface area contributed by atoms with Crippen molar-refractivity contribution in [2.24, 2.45) is 11.7 Å². The minimum absolute atomic E-state index is 0.0138. The fraction of sp³-hybridized carbons (Fsp3) is 0.529. The summed E-state index contributed by atoms with van der Waals surface area (Å²) >= 11 is 0. The van der Waals surface area contributed by atoms with Crippen LogP contribution < -0.4 is 16.4 Å². The highest BCUT2D eigenvalue weighted by molar-refractivity contribution is 6.04. The van der Waals surface area contributed by atoms with E-state index < -0.39 is 0 Å². The first kappa shape index (κ1) is 18.2. The van der Waals surface area contributed by atoms with E-state index in [1.54, 1.807) is 18.2 Å². The molecule has 5 nitrogen and oxygen atoms in total. The minimum atomic E-state index is -0.219. The number of nitrogens with two attached hydrogens (primary N) is 1. The average Bonchev–Trinajstić information content (AvgIpc) is 2.53. The van der Waals surface area contributed by atoms with Gasteiger partial charge in [-0.05, 0) is 25.0 Å². The molecular formula is C17H27N3O2. The predicted octanol–water partition coefficient (Wildman–Crippen LogP) is 2.53. The highest BCUT2D eigenvalue weighted by Crippen LogP contribution is 2.19. The van der Waals surface area contributed by atoms with Gasteiger partial charge in [-0.25, -0.2) is 0 Å². The van der Waals surface area contributed by atoms with E-state index in [0.717, 1.165) is 25.7 Å². The highest BCUT2D eigenvalue weighted by Gasteiger charge is 2.18. The lowest BCUT2D eigenvalue weighted by molar-refractivity contribution is -0.120. The molecule has 1 unspecified atom stereocenters. The Balaban J connectivity index is 2.79. The van der Waals surface area contributed by atoms with Crippen LogP contribution in [0.3, 0.4) is 0 Å². The monoisotopic (exact) mass is 305 g/mol. The van der Waals surface area contributed by atoms with Crippen molar-refractivity contribution in [1.29, 1.82) is 0 Å². The Labute approximate surface area is 132 Å². The van der Waals surface area contributed by atoms with Crippen LogP contribution in [0.4, 0.5) is 5.69 Å². The van der Waals surface area contributed by atoms with E-state index >= 15 is 0 Å². The molecule has 0 saturated carbocycles. The normalized spacial score (nSPS) is 11.8. The number of hydrogen-bond donors (Lipinski definition) is 3. The molecule has 0 aliphatic rings. The summed E-state index contributed by atoms with van der Waals surface area (Å²) in [5.74, 6) is -0.252. The number of carbonyl (C=O) groups excluding carboxylic acids is 2. The molecule has 1 aromatic carbocycles. The number of hydrogen-bond acceptors (Lipinski definition) is 3. The van der Waals surface area contributed by atoms with Crippen molar-refractivity contribution in [3.8, 4) is 0 Å². The van der Waals surface area contributed by atoms with Gasteiger partial charge in [-0.1, -0.05) is 38.8 Å². The summed E-state index contributed by atoms with van der Waals surface area (Å²) in [4.78, 5) is 24.5. The molecule has 5 heteroatoms. The van der Waals surface area contributed by atoms with Gasteiger partial charge in [-0.15, -0.1) is 0 Å². The van der Waals surface area contributed by atoms with Crippen molar-refractivity contribution in [2.45, 2.75) is 39.5 Å². The number of amides is 2. The van der Waals surface area contributed by atoms with Crippen LogP contribution >= 0.6 is 0 Å². The van der Waals surface area contributed by atoms with Crippen LogP contribution in [0.5, 0.6) is 0 Å². The van der Waals surface area contributed by atoms with Crippen LogP contribution in [0.1, 0.15) is 49.9 Å². The zero-order valence-corrected chi connectivity index (χ0v) is 13.5. The molecule has 1 atom stereocenters. The van der Waals surface area contributed by atoms with Crippen LogP contribution in [0.15, 0.2) is 24.3 Å². The second kappa shape index (κ2) is 9.95. The maximum atomic E-state index is 12.4. The van der Waals surface area contributed by atoms with E-state index in [4.69, 9.17) is 5.73 Å². The topological polar surface area (TPSA) is 84.2 Å².